The van der Waals surface area contributed by atoms with Gasteiger partial charge in [-0.1, -0.05) is 31.9 Å². The molecule has 2 aliphatic rings. The van der Waals surface area contributed by atoms with Gasteiger partial charge in [-0.3, -0.25) is 0 Å². The molecule has 0 spiro atoms. The van der Waals surface area contributed by atoms with Crippen molar-refractivity contribution in [3.63, 3.8) is 0 Å². The molecule has 0 bridgehead atoms. The summed E-state index contributed by atoms with van der Waals surface area (Å²) in [5, 5.41) is 0. The van der Waals surface area contributed by atoms with Crippen LogP contribution in [0.1, 0.15) is 50.2 Å². The first-order chi connectivity index (χ1) is 11.3. The Hall–Kier alpha value is -1.35. The minimum Gasteiger partial charge on any atom is -0.476 e. The second kappa shape index (κ2) is 8.49. The van der Waals surface area contributed by atoms with Gasteiger partial charge in [0.15, 0.2) is 0 Å². The summed E-state index contributed by atoms with van der Waals surface area (Å²) < 4.78 is 5.53. The highest BCUT2D eigenvalue weighted by atomic mass is 16.5. The van der Waals surface area contributed by atoms with Crippen LogP contribution in [0.15, 0.2) is 29.3 Å². The number of piperidine rings is 1. The maximum atomic E-state index is 5.53. The fraction of sp³-hybridized carbons (Fsp3) is 0.650. The lowest BCUT2D eigenvalue weighted by molar-refractivity contribution is 0.181. The van der Waals surface area contributed by atoms with E-state index < -0.39 is 0 Å². The number of benzene rings is 1. The molecule has 3 nitrogen and oxygen atoms in total. The van der Waals surface area contributed by atoms with E-state index in [1.807, 2.05) is 0 Å². The van der Waals surface area contributed by atoms with E-state index in [1.165, 1.54) is 63.7 Å². The number of hydrogen-bond acceptors (Lipinski definition) is 3. The van der Waals surface area contributed by atoms with Crippen molar-refractivity contribution < 1.29 is 4.74 Å². The molecule has 1 fully saturated rings. The van der Waals surface area contributed by atoms with Crippen LogP contribution in [0.2, 0.25) is 0 Å². The van der Waals surface area contributed by atoms with Gasteiger partial charge in [0.05, 0.1) is 6.54 Å². The van der Waals surface area contributed by atoms with Gasteiger partial charge in [0.25, 0.3) is 0 Å². The maximum absolute atomic E-state index is 5.53. The van der Waals surface area contributed by atoms with Crippen LogP contribution in [-0.2, 0) is 11.2 Å². The highest BCUT2D eigenvalue weighted by Gasteiger charge is 2.19. The molecular weight excluding hydrogens is 284 g/mol. The highest BCUT2D eigenvalue weighted by molar-refractivity contribution is 5.94. The van der Waals surface area contributed by atoms with Gasteiger partial charge in [0.2, 0.25) is 5.90 Å². The Morgan fingerprint density at radius 1 is 1.13 bits per heavy atom. The zero-order chi connectivity index (χ0) is 15.9. The molecular formula is C20H30N2O. The monoisotopic (exact) mass is 314 g/mol. The van der Waals surface area contributed by atoms with Gasteiger partial charge in [0.1, 0.15) is 6.61 Å². The minimum atomic E-state index is 0.730. The number of nitrogens with zero attached hydrogens (tertiary/aromatic N) is 2. The van der Waals surface area contributed by atoms with Crippen molar-refractivity contribution in [2.75, 3.05) is 32.8 Å². The molecule has 1 saturated heterocycles. The predicted molar refractivity (Wildman–Crippen MR) is 96.2 cm³/mol. The van der Waals surface area contributed by atoms with E-state index in [2.05, 4.69) is 41.1 Å². The zero-order valence-electron chi connectivity index (χ0n) is 14.5. The molecule has 0 radical (unpaired) electrons. The van der Waals surface area contributed by atoms with Crippen LogP contribution in [0.25, 0.3) is 0 Å². The second-order valence-electron chi connectivity index (χ2n) is 6.93. The van der Waals surface area contributed by atoms with E-state index in [0.29, 0.717) is 0 Å². The Balaban J connectivity index is 1.43. The number of unbranched alkanes of at least 4 members (excludes halogenated alkanes) is 2. The predicted octanol–water partition coefficient (Wildman–Crippen LogP) is 3.91. The van der Waals surface area contributed by atoms with Crippen LogP contribution < -0.4 is 0 Å². The van der Waals surface area contributed by atoms with E-state index in [0.717, 1.165) is 30.5 Å². The van der Waals surface area contributed by atoms with Gasteiger partial charge in [-0.25, -0.2) is 4.99 Å². The summed E-state index contributed by atoms with van der Waals surface area (Å²) in [6.07, 6.45) is 7.99. The molecule has 0 atom stereocenters. The average molecular weight is 314 g/mol. The fourth-order valence-electron chi connectivity index (χ4n) is 3.63. The smallest absolute Gasteiger partial charge is 0.216 e. The van der Waals surface area contributed by atoms with E-state index in [9.17, 15) is 0 Å². The first kappa shape index (κ1) is 16.5. The molecule has 1 aromatic carbocycles. The van der Waals surface area contributed by atoms with Crippen molar-refractivity contribution in [3.8, 4) is 0 Å². The first-order valence-corrected chi connectivity index (χ1v) is 9.34. The zero-order valence-corrected chi connectivity index (χ0v) is 14.5. The average Bonchev–Trinajstić information content (AvgIpc) is 3.12. The molecule has 126 valence electrons. The molecule has 0 saturated carbocycles. The largest absolute Gasteiger partial charge is 0.476 e. The summed E-state index contributed by atoms with van der Waals surface area (Å²) in [6.45, 7) is 7.69. The van der Waals surface area contributed by atoms with Gasteiger partial charge in [0, 0.05) is 5.56 Å². The standard InChI is InChI=1S/C20H30N2O/c1-2-3-4-12-22-13-9-18(10-14-22)16-17-5-7-19(8-6-17)20-21-11-15-23-20/h5-8,18H,2-4,9-16H2,1H3. The van der Waals surface area contributed by atoms with E-state index >= 15 is 0 Å². The highest BCUT2D eigenvalue weighted by Crippen LogP contribution is 2.22. The third-order valence-electron chi connectivity index (χ3n) is 5.10. The Morgan fingerprint density at radius 2 is 1.91 bits per heavy atom. The summed E-state index contributed by atoms with van der Waals surface area (Å²) >= 11 is 0. The molecule has 2 aliphatic heterocycles. The number of aliphatic imine (C=N–C) groups is 1. The number of likely N-dealkylation sites (tertiary alicyclic amines) is 1. The molecule has 0 aliphatic carbocycles. The van der Waals surface area contributed by atoms with Gasteiger partial charge < -0.3 is 9.64 Å². The van der Waals surface area contributed by atoms with Crippen molar-refractivity contribution in [1.82, 2.24) is 4.90 Å². The number of rotatable bonds is 7. The molecule has 23 heavy (non-hydrogen) atoms. The van der Waals surface area contributed by atoms with Crippen LogP contribution in [0, 0.1) is 5.92 Å². The van der Waals surface area contributed by atoms with E-state index in [-0.39, 0.29) is 0 Å². The Labute approximate surface area is 140 Å². The van der Waals surface area contributed by atoms with Crippen molar-refractivity contribution in [2.24, 2.45) is 10.9 Å². The Kier molecular flexibility index (Phi) is 6.09. The Bertz CT molecular complexity index is 501. The molecule has 1 aromatic rings. The van der Waals surface area contributed by atoms with E-state index in [4.69, 9.17) is 4.74 Å². The molecule has 0 N–H and O–H groups in total. The number of ether oxygens (including phenoxy) is 1. The topological polar surface area (TPSA) is 24.8 Å². The molecule has 0 amide bonds. The molecule has 2 heterocycles. The summed E-state index contributed by atoms with van der Waals surface area (Å²) in [5.74, 6) is 1.67. The summed E-state index contributed by atoms with van der Waals surface area (Å²) in [5.41, 5.74) is 2.58. The maximum Gasteiger partial charge on any atom is 0.216 e. The second-order valence-corrected chi connectivity index (χ2v) is 6.93. The van der Waals surface area contributed by atoms with Gasteiger partial charge in [-0.2, -0.15) is 0 Å². The summed E-state index contributed by atoms with van der Waals surface area (Å²) in [7, 11) is 0. The lowest BCUT2D eigenvalue weighted by Gasteiger charge is -2.32. The van der Waals surface area contributed by atoms with Crippen LogP contribution in [-0.4, -0.2) is 43.6 Å². The van der Waals surface area contributed by atoms with Crippen LogP contribution in [0.3, 0.4) is 0 Å². The van der Waals surface area contributed by atoms with Crippen molar-refractivity contribution in [2.45, 2.75) is 45.4 Å². The van der Waals surface area contributed by atoms with Crippen LogP contribution in [0.5, 0.6) is 0 Å². The first-order valence-electron chi connectivity index (χ1n) is 9.34. The third kappa shape index (κ3) is 4.81. The lowest BCUT2D eigenvalue weighted by Crippen LogP contribution is -2.35. The van der Waals surface area contributed by atoms with Crippen LogP contribution in [0.4, 0.5) is 0 Å². The van der Waals surface area contributed by atoms with E-state index in [1.54, 1.807) is 0 Å². The van der Waals surface area contributed by atoms with Crippen molar-refractivity contribution in [3.05, 3.63) is 35.4 Å². The van der Waals surface area contributed by atoms with Crippen molar-refractivity contribution in [1.29, 1.82) is 0 Å². The minimum absolute atomic E-state index is 0.730. The molecule has 3 heteroatoms. The van der Waals surface area contributed by atoms with Crippen LogP contribution >= 0.6 is 0 Å². The lowest BCUT2D eigenvalue weighted by atomic mass is 9.90. The summed E-state index contributed by atoms with van der Waals surface area (Å²) in [6, 6.07) is 8.85. The molecule has 0 aromatic heterocycles. The fourth-order valence-corrected chi connectivity index (χ4v) is 3.63. The molecule has 3 rings (SSSR count). The number of hydrogen-bond donors (Lipinski definition) is 0. The third-order valence-corrected chi connectivity index (χ3v) is 5.10. The van der Waals surface area contributed by atoms with Crippen molar-refractivity contribution >= 4 is 5.90 Å². The normalized spacial score (nSPS) is 19.6. The SMILES string of the molecule is CCCCCN1CCC(Cc2ccc(C3=NCCO3)cc2)CC1. The summed E-state index contributed by atoms with van der Waals surface area (Å²) in [4.78, 5) is 7.04. The van der Waals surface area contributed by atoms with Gasteiger partial charge in [-0.15, -0.1) is 0 Å². The quantitative estimate of drug-likeness (QED) is 0.713. The Morgan fingerprint density at radius 3 is 2.57 bits per heavy atom. The molecule has 0 unspecified atom stereocenters. The van der Waals surface area contributed by atoms with Gasteiger partial charge >= 0.3 is 0 Å². The van der Waals surface area contributed by atoms with Gasteiger partial charge in [-0.05, 0) is 68.9 Å².